The zero-order valence-corrected chi connectivity index (χ0v) is 12.0. The van der Waals surface area contributed by atoms with Crippen molar-refractivity contribution in [3.05, 3.63) is 45.8 Å². The van der Waals surface area contributed by atoms with Gasteiger partial charge in [-0.3, -0.25) is 10.1 Å². The third kappa shape index (κ3) is 3.25. The Hall–Kier alpha value is -2.70. The molecule has 1 aromatic heterocycles. The van der Waals surface area contributed by atoms with Crippen molar-refractivity contribution in [2.75, 3.05) is 6.61 Å². The molecule has 0 N–H and O–H groups in total. The van der Waals surface area contributed by atoms with Crippen molar-refractivity contribution in [3.63, 3.8) is 0 Å². The molecule has 0 amide bonds. The third-order valence-electron chi connectivity index (χ3n) is 2.91. The number of hydrogen-bond donors (Lipinski definition) is 0. The molecule has 0 saturated carbocycles. The Bertz CT molecular complexity index is 673. The molecule has 0 saturated heterocycles. The summed E-state index contributed by atoms with van der Waals surface area (Å²) in [4.78, 5) is 18.2. The highest BCUT2D eigenvalue weighted by Crippen LogP contribution is 2.35. The van der Waals surface area contributed by atoms with Crippen LogP contribution in [0.25, 0.3) is 0 Å². The summed E-state index contributed by atoms with van der Waals surface area (Å²) in [5.74, 6) is 0.236. The van der Waals surface area contributed by atoms with Gasteiger partial charge in [0.15, 0.2) is 0 Å². The maximum Gasteiger partial charge on any atom is 0.392 e. The van der Waals surface area contributed by atoms with E-state index in [-0.39, 0.29) is 24.1 Å². The van der Waals surface area contributed by atoms with Crippen molar-refractivity contribution >= 4 is 5.69 Å². The van der Waals surface area contributed by atoms with Gasteiger partial charge >= 0.3 is 17.4 Å². The predicted molar refractivity (Wildman–Crippen MR) is 75.8 cm³/mol. The van der Waals surface area contributed by atoms with Crippen LogP contribution >= 0.6 is 0 Å². The van der Waals surface area contributed by atoms with Crippen LogP contribution in [0.5, 0.6) is 17.5 Å². The zero-order valence-electron chi connectivity index (χ0n) is 12.0. The molecule has 7 nitrogen and oxygen atoms in total. The van der Waals surface area contributed by atoms with Crippen molar-refractivity contribution in [2.24, 2.45) is 0 Å². The summed E-state index contributed by atoms with van der Waals surface area (Å²) >= 11 is 0. The van der Waals surface area contributed by atoms with Crippen molar-refractivity contribution in [3.8, 4) is 17.5 Å². The Labute approximate surface area is 121 Å². The second-order valence-electron chi connectivity index (χ2n) is 4.37. The molecule has 0 unspecified atom stereocenters. The van der Waals surface area contributed by atoms with E-state index in [1.54, 1.807) is 19.1 Å². The van der Waals surface area contributed by atoms with Crippen LogP contribution in [-0.4, -0.2) is 21.5 Å². The Balaban J connectivity index is 2.41. The first-order chi connectivity index (χ1) is 10.0. The lowest BCUT2D eigenvalue weighted by Gasteiger charge is -2.09. The Morgan fingerprint density at radius 2 is 1.90 bits per heavy atom. The number of hydrogen-bond acceptors (Lipinski definition) is 6. The lowest BCUT2D eigenvalue weighted by Crippen LogP contribution is -2.03. The molecule has 0 bridgehead atoms. The van der Waals surface area contributed by atoms with E-state index in [1.165, 1.54) is 6.33 Å². The number of ether oxygens (including phenoxy) is 2. The predicted octanol–water partition coefficient (Wildman–Crippen LogP) is 3.19. The van der Waals surface area contributed by atoms with E-state index in [4.69, 9.17) is 9.47 Å². The molecule has 0 atom stereocenters. The molecule has 0 spiro atoms. The molecule has 0 fully saturated rings. The zero-order chi connectivity index (χ0) is 15.4. The van der Waals surface area contributed by atoms with E-state index in [9.17, 15) is 10.1 Å². The second-order valence-corrected chi connectivity index (χ2v) is 4.37. The van der Waals surface area contributed by atoms with Crippen molar-refractivity contribution in [2.45, 2.75) is 20.8 Å². The van der Waals surface area contributed by atoms with Gasteiger partial charge in [-0.15, -0.1) is 0 Å². The lowest BCUT2D eigenvalue weighted by molar-refractivity contribution is -0.387. The lowest BCUT2D eigenvalue weighted by atomic mass is 10.1. The molecule has 1 heterocycles. The summed E-state index contributed by atoms with van der Waals surface area (Å²) in [6, 6.07) is 5.40. The summed E-state index contributed by atoms with van der Waals surface area (Å²) in [6.45, 7) is 5.89. The molecule has 7 heteroatoms. The normalized spacial score (nSPS) is 10.2. The molecule has 0 aliphatic heterocycles. The average molecular weight is 289 g/mol. The molecule has 2 rings (SSSR count). The van der Waals surface area contributed by atoms with Crippen molar-refractivity contribution < 1.29 is 14.4 Å². The quantitative estimate of drug-likeness (QED) is 0.620. The monoisotopic (exact) mass is 289 g/mol. The van der Waals surface area contributed by atoms with Crippen LogP contribution in [0.1, 0.15) is 18.1 Å². The molecule has 110 valence electrons. The van der Waals surface area contributed by atoms with Crippen LogP contribution in [0.15, 0.2) is 24.5 Å². The number of benzene rings is 1. The molecule has 0 radical (unpaired) electrons. The minimum atomic E-state index is -0.610. The summed E-state index contributed by atoms with van der Waals surface area (Å²) in [5.41, 5.74) is 1.75. The number of nitrogens with zero attached hydrogens (tertiary/aromatic N) is 3. The molecular formula is C14H15N3O4. The standard InChI is InChI=1S/C14H15N3O4/c1-4-20-13-12(17(18)19)14(16-8-15-13)21-11-6-5-9(2)10(3)7-11/h5-8H,4H2,1-3H3. The molecule has 21 heavy (non-hydrogen) atoms. The van der Waals surface area contributed by atoms with Gasteiger partial charge in [0.05, 0.1) is 11.5 Å². The average Bonchev–Trinajstić information content (AvgIpc) is 2.43. The van der Waals surface area contributed by atoms with Crippen LogP contribution < -0.4 is 9.47 Å². The topological polar surface area (TPSA) is 87.4 Å². The first-order valence-electron chi connectivity index (χ1n) is 6.40. The summed E-state index contributed by atoms with van der Waals surface area (Å²) in [6.07, 6.45) is 1.17. The Kier molecular flexibility index (Phi) is 4.32. The van der Waals surface area contributed by atoms with Gasteiger partial charge in [-0.05, 0) is 44.0 Å². The number of rotatable bonds is 5. The molecular weight excluding hydrogens is 274 g/mol. The molecule has 2 aromatic rings. The van der Waals surface area contributed by atoms with Gasteiger partial charge < -0.3 is 9.47 Å². The Morgan fingerprint density at radius 3 is 2.52 bits per heavy atom. The Morgan fingerprint density at radius 1 is 1.19 bits per heavy atom. The SMILES string of the molecule is CCOc1ncnc(Oc2ccc(C)c(C)c2)c1[N+](=O)[O-]. The van der Waals surface area contributed by atoms with Gasteiger partial charge in [0, 0.05) is 0 Å². The molecule has 0 aliphatic carbocycles. The second kappa shape index (κ2) is 6.17. The van der Waals surface area contributed by atoms with Crippen LogP contribution in [0.3, 0.4) is 0 Å². The largest absolute Gasteiger partial charge is 0.473 e. The molecule has 1 aromatic carbocycles. The van der Waals surface area contributed by atoms with Gasteiger partial charge in [0.2, 0.25) is 0 Å². The van der Waals surface area contributed by atoms with E-state index in [1.807, 2.05) is 19.9 Å². The van der Waals surface area contributed by atoms with Crippen molar-refractivity contribution in [1.29, 1.82) is 0 Å². The summed E-state index contributed by atoms with van der Waals surface area (Å²) < 4.78 is 10.7. The van der Waals surface area contributed by atoms with Crippen LogP contribution in [0.4, 0.5) is 5.69 Å². The van der Waals surface area contributed by atoms with Crippen LogP contribution in [-0.2, 0) is 0 Å². The highest BCUT2D eigenvalue weighted by atomic mass is 16.6. The summed E-state index contributed by atoms with van der Waals surface area (Å²) in [7, 11) is 0. The highest BCUT2D eigenvalue weighted by Gasteiger charge is 2.26. The van der Waals surface area contributed by atoms with Gasteiger partial charge in [0.25, 0.3) is 0 Å². The first kappa shape index (κ1) is 14.7. The fraction of sp³-hybridized carbons (Fsp3) is 0.286. The maximum atomic E-state index is 11.2. The van der Waals surface area contributed by atoms with Gasteiger partial charge in [-0.25, -0.2) is 0 Å². The summed E-state index contributed by atoms with van der Waals surface area (Å²) in [5, 5.41) is 11.2. The molecule has 0 aliphatic rings. The van der Waals surface area contributed by atoms with Crippen molar-refractivity contribution in [1.82, 2.24) is 9.97 Å². The van der Waals surface area contributed by atoms with Gasteiger partial charge in [0.1, 0.15) is 12.1 Å². The van der Waals surface area contributed by atoms with E-state index < -0.39 is 4.92 Å². The fourth-order valence-electron chi connectivity index (χ4n) is 1.71. The van der Waals surface area contributed by atoms with Crippen LogP contribution in [0.2, 0.25) is 0 Å². The minimum absolute atomic E-state index is 0.101. The van der Waals surface area contributed by atoms with E-state index >= 15 is 0 Å². The minimum Gasteiger partial charge on any atom is -0.473 e. The fourth-order valence-corrected chi connectivity index (χ4v) is 1.71. The van der Waals surface area contributed by atoms with E-state index in [0.717, 1.165) is 11.1 Å². The number of aromatic nitrogens is 2. The highest BCUT2D eigenvalue weighted by molar-refractivity contribution is 5.51. The number of nitro groups is 1. The van der Waals surface area contributed by atoms with Gasteiger partial charge in [-0.1, -0.05) is 6.07 Å². The van der Waals surface area contributed by atoms with Crippen LogP contribution in [0, 0.1) is 24.0 Å². The maximum absolute atomic E-state index is 11.2. The first-order valence-corrected chi connectivity index (χ1v) is 6.40. The van der Waals surface area contributed by atoms with E-state index in [2.05, 4.69) is 9.97 Å². The smallest absolute Gasteiger partial charge is 0.392 e. The third-order valence-corrected chi connectivity index (χ3v) is 2.91. The van der Waals surface area contributed by atoms with Gasteiger partial charge in [-0.2, -0.15) is 9.97 Å². The van der Waals surface area contributed by atoms with E-state index in [0.29, 0.717) is 5.75 Å². The number of aryl methyl sites for hydroxylation is 2.